The quantitative estimate of drug-likeness (QED) is 0.832. The fourth-order valence-electron chi connectivity index (χ4n) is 1.25. The van der Waals surface area contributed by atoms with Crippen molar-refractivity contribution in [2.24, 2.45) is 5.73 Å². The molecule has 1 aromatic carbocycles. The number of halogens is 2. The summed E-state index contributed by atoms with van der Waals surface area (Å²) >= 11 is 0. The highest BCUT2D eigenvalue weighted by atomic mass is 35.5. The van der Waals surface area contributed by atoms with Crippen molar-refractivity contribution >= 4 is 12.4 Å². The minimum Gasteiger partial charge on any atom is -0.493 e. The van der Waals surface area contributed by atoms with Crippen LogP contribution in [-0.2, 0) is 0 Å². The van der Waals surface area contributed by atoms with Gasteiger partial charge in [0.25, 0.3) is 0 Å². The molecular weight excluding hydrogens is 233 g/mol. The zero-order valence-corrected chi connectivity index (χ0v) is 10.0. The molecule has 3 nitrogen and oxygen atoms in total. The molecule has 0 unspecified atom stereocenters. The van der Waals surface area contributed by atoms with Gasteiger partial charge in [0.2, 0.25) is 0 Å². The first-order valence-corrected chi connectivity index (χ1v) is 4.43. The van der Waals surface area contributed by atoms with Crippen molar-refractivity contribution in [2.75, 3.05) is 14.2 Å². The minimum atomic E-state index is -0.551. The number of rotatable bonds is 4. The molecule has 0 spiro atoms. The van der Waals surface area contributed by atoms with Gasteiger partial charge in [0.15, 0.2) is 11.5 Å². The lowest BCUT2D eigenvalue weighted by molar-refractivity contribution is 0.351. The lowest BCUT2D eigenvalue weighted by atomic mass is 10.1. The topological polar surface area (TPSA) is 44.5 Å². The molecule has 16 heavy (non-hydrogen) atoms. The van der Waals surface area contributed by atoms with Crippen LogP contribution in [0.25, 0.3) is 0 Å². The van der Waals surface area contributed by atoms with Crippen molar-refractivity contribution in [2.45, 2.75) is 6.04 Å². The van der Waals surface area contributed by atoms with Gasteiger partial charge in [0.1, 0.15) is 5.82 Å². The summed E-state index contributed by atoms with van der Waals surface area (Å²) in [5.41, 5.74) is 5.99. The Morgan fingerprint density at radius 1 is 1.31 bits per heavy atom. The van der Waals surface area contributed by atoms with Crippen molar-refractivity contribution in [1.82, 2.24) is 0 Å². The average Bonchev–Trinajstić information content (AvgIpc) is 2.27. The maximum atomic E-state index is 13.5. The number of hydrogen-bond donors (Lipinski definition) is 1. The zero-order valence-electron chi connectivity index (χ0n) is 9.20. The monoisotopic (exact) mass is 247 g/mol. The molecule has 0 heterocycles. The summed E-state index contributed by atoms with van der Waals surface area (Å²) in [6, 6.07) is 2.21. The standard InChI is InChI=1S/C11H14FNO2.ClH/c1-4-9(13)7-5-10(14-2)11(15-3)6-8(7)12;/h4-6,9H,1,13H2,2-3H3;1H/t9-;/m0./s1. The van der Waals surface area contributed by atoms with Crippen LogP contribution in [0.1, 0.15) is 11.6 Å². The summed E-state index contributed by atoms with van der Waals surface area (Å²) in [7, 11) is 2.93. The Kier molecular flexibility index (Phi) is 5.85. The minimum absolute atomic E-state index is 0. The molecule has 0 aliphatic heterocycles. The predicted octanol–water partition coefficient (Wildman–Crippen LogP) is 2.45. The Hall–Kier alpha value is -1.26. The summed E-state index contributed by atoms with van der Waals surface area (Å²) in [4.78, 5) is 0. The van der Waals surface area contributed by atoms with Crippen molar-refractivity contribution < 1.29 is 13.9 Å². The molecule has 0 amide bonds. The van der Waals surface area contributed by atoms with E-state index in [0.717, 1.165) is 0 Å². The molecule has 1 atom stereocenters. The number of nitrogens with two attached hydrogens (primary N) is 1. The van der Waals surface area contributed by atoms with Gasteiger partial charge in [-0.05, 0) is 6.07 Å². The lowest BCUT2D eigenvalue weighted by Crippen LogP contribution is -2.09. The van der Waals surface area contributed by atoms with Crippen molar-refractivity contribution in [3.8, 4) is 11.5 Å². The first-order valence-electron chi connectivity index (χ1n) is 4.43. The fourth-order valence-corrected chi connectivity index (χ4v) is 1.25. The third-order valence-corrected chi connectivity index (χ3v) is 2.12. The van der Waals surface area contributed by atoms with Crippen molar-refractivity contribution in [3.05, 3.63) is 36.2 Å². The van der Waals surface area contributed by atoms with Gasteiger partial charge in [0, 0.05) is 11.6 Å². The van der Waals surface area contributed by atoms with E-state index in [1.54, 1.807) is 0 Å². The molecule has 0 saturated carbocycles. The van der Waals surface area contributed by atoms with Gasteiger partial charge < -0.3 is 15.2 Å². The van der Waals surface area contributed by atoms with Crippen LogP contribution >= 0.6 is 12.4 Å². The highest BCUT2D eigenvalue weighted by Crippen LogP contribution is 2.31. The third kappa shape index (κ3) is 2.87. The van der Waals surface area contributed by atoms with Crippen molar-refractivity contribution in [3.63, 3.8) is 0 Å². The second kappa shape index (κ2) is 6.35. The van der Waals surface area contributed by atoms with Gasteiger partial charge >= 0.3 is 0 Å². The van der Waals surface area contributed by atoms with Crippen LogP contribution in [0, 0.1) is 5.82 Å². The molecule has 0 fully saturated rings. The van der Waals surface area contributed by atoms with Gasteiger partial charge in [-0.1, -0.05) is 6.08 Å². The SMILES string of the molecule is C=C[C@H](N)c1cc(OC)c(OC)cc1F.Cl. The van der Waals surface area contributed by atoms with E-state index in [1.807, 2.05) is 0 Å². The summed E-state index contributed by atoms with van der Waals surface area (Å²) in [6.45, 7) is 3.51. The van der Waals surface area contributed by atoms with E-state index in [4.69, 9.17) is 15.2 Å². The molecule has 0 aromatic heterocycles. The molecule has 1 rings (SSSR count). The molecule has 1 aromatic rings. The maximum absolute atomic E-state index is 13.5. The number of hydrogen-bond acceptors (Lipinski definition) is 3. The summed E-state index contributed by atoms with van der Waals surface area (Å²) in [5, 5.41) is 0. The summed E-state index contributed by atoms with van der Waals surface area (Å²) in [5.74, 6) is 0.362. The normalized spacial score (nSPS) is 11.2. The first-order chi connectivity index (χ1) is 7.13. The Bertz CT molecular complexity index is 371. The van der Waals surface area contributed by atoms with Crippen LogP contribution in [-0.4, -0.2) is 14.2 Å². The molecular formula is C11H15ClFNO2. The molecule has 5 heteroatoms. The second-order valence-electron chi connectivity index (χ2n) is 2.99. The first kappa shape index (κ1) is 14.7. The molecule has 0 aliphatic rings. The Balaban J connectivity index is 0.00000225. The number of ether oxygens (including phenoxy) is 2. The molecule has 0 radical (unpaired) electrons. The van der Waals surface area contributed by atoms with Gasteiger partial charge in [-0.15, -0.1) is 19.0 Å². The Morgan fingerprint density at radius 3 is 2.25 bits per heavy atom. The highest BCUT2D eigenvalue weighted by molar-refractivity contribution is 5.85. The van der Waals surface area contributed by atoms with Crippen LogP contribution in [0.15, 0.2) is 24.8 Å². The van der Waals surface area contributed by atoms with Crippen LogP contribution < -0.4 is 15.2 Å². The Labute approximate surface area is 100 Å². The molecule has 90 valence electrons. The van der Waals surface area contributed by atoms with E-state index in [-0.39, 0.29) is 12.4 Å². The van der Waals surface area contributed by atoms with Crippen LogP contribution in [0.3, 0.4) is 0 Å². The number of methoxy groups -OCH3 is 2. The van der Waals surface area contributed by atoms with Gasteiger partial charge in [-0.25, -0.2) is 4.39 Å². The Morgan fingerprint density at radius 2 is 1.81 bits per heavy atom. The summed E-state index contributed by atoms with van der Waals surface area (Å²) in [6.07, 6.45) is 1.46. The maximum Gasteiger partial charge on any atom is 0.163 e. The van der Waals surface area contributed by atoms with E-state index < -0.39 is 11.9 Å². The largest absolute Gasteiger partial charge is 0.493 e. The zero-order chi connectivity index (χ0) is 11.4. The van der Waals surface area contributed by atoms with Gasteiger partial charge in [-0.3, -0.25) is 0 Å². The summed E-state index contributed by atoms with van der Waals surface area (Å²) < 4.78 is 23.5. The molecule has 2 N–H and O–H groups in total. The molecule has 0 saturated heterocycles. The van der Waals surface area contributed by atoms with Crippen molar-refractivity contribution in [1.29, 1.82) is 0 Å². The second-order valence-corrected chi connectivity index (χ2v) is 2.99. The van der Waals surface area contributed by atoms with Gasteiger partial charge in [0.05, 0.1) is 20.3 Å². The van der Waals surface area contributed by atoms with E-state index in [9.17, 15) is 4.39 Å². The molecule has 0 bridgehead atoms. The van der Waals surface area contributed by atoms with Crippen LogP contribution in [0.5, 0.6) is 11.5 Å². The van der Waals surface area contributed by atoms with E-state index >= 15 is 0 Å². The smallest absolute Gasteiger partial charge is 0.163 e. The van der Waals surface area contributed by atoms with Gasteiger partial charge in [-0.2, -0.15) is 0 Å². The van der Waals surface area contributed by atoms with E-state index in [2.05, 4.69) is 6.58 Å². The van der Waals surface area contributed by atoms with E-state index in [1.165, 1.54) is 32.4 Å². The van der Waals surface area contributed by atoms with E-state index in [0.29, 0.717) is 17.1 Å². The van der Waals surface area contributed by atoms with Crippen LogP contribution in [0.4, 0.5) is 4.39 Å². The fraction of sp³-hybridized carbons (Fsp3) is 0.273. The highest BCUT2D eigenvalue weighted by Gasteiger charge is 2.14. The predicted molar refractivity (Wildman–Crippen MR) is 63.9 cm³/mol. The number of benzene rings is 1. The lowest BCUT2D eigenvalue weighted by Gasteiger charge is -2.13. The third-order valence-electron chi connectivity index (χ3n) is 2.12. The van der Waals surface area contributed by atoms with Crippen LogP contribution in [0.2, 0.25) is 0 Å². The molecule has 0 aliphatic carbocycles. The average molecular weight is 248 g/mol.